The molecule has 0 spiro atoms. The maximum atomic E-state index is 11.1. The van der Waals surface area contributed by atoms with Gasteiger partial charge in [-0.15, -0.1) is 0 Å². The molecule has 0 bridgehead atoms. The van der Waals surface area contributed by atoms with E-state index in [2.05, 4.69) is 24.9 Å². The van der Waals surface area contributed by atoms with Gasteiger partial charge in [-0.25, -0.2) is 14.8 Å². The Balaban J connectivity index is 1.96. The average molecular weight is 237 g/mol. The SMILES string of the molecule is COC(=O)NC1CCN(c2cc(N)ncn2)C1. The molecule has 1 aromatic rings. The van der Waals surface area contributed by atoms with Crippen LogP contribution in [-0.2, 0) is 4.74 Å². The van der Waals surface area contributed by atoms with Crippen LogP contribution in [0.15, 0.2) is 12.4 Å². The number of alkyl carbamates (subject to hydrolysis) is 1. The molecule has 1 aromatic heterocycles. The van der Waals surface area contributed by atoms with Gasteiger partial charge < -0.3 is 20.7 Å². The maximum absolute atomic E-state index is 11.1. The maximum Gasteiger partial charge on any atom is 0.407 e. The minimum absolute atomic E-state index is 0.0821. The van der Waals surface area contributed by atoms with Crippen molar-refractivity contribution in [3.63, 3.8) is 0 Å². The van der Waals surface area contributed by atoms with Crippen LogP contribution >= 0.6 is 0 Å². The molecular weight excluding hydrogens is 222 g/mol. The average Bonchev–Trinajstić information content (AvgIpc) is 2.77. The standard InChI is InChI=1S/C10H15N5O2/c1-17-10(16)14-7-2-3-15(5-7)9-4-8(11)12-6-13-9/h4,6-7H,2-3,5H2,1H3,(H,14,16)(H2,11,12,13). The number of anilines is 2. The summed E-state index contributed by atoms with van der Waals surface area (Å²) in [4.78, 5) is 21.1. The van der Waals surface area contributed by atoms with Crippen molar-refractivity contribution < 1.29 is 9.53 Å². The fourth-order valence-electron chi connectivity index (χ4n) is 1.85. The van der Waals surface area contributed by atoms with Crippen molar-refractivity contribution in [3.8, 4) is 0 Å². The van der Waals surface area contributed by atoms with Crippen LogP contribution < -0.4 is 16.0 Å². The summed E-state index contributed by atoms with van der Waals surface area (Å²) in [5.41, 5.74) is 5.60. The summed E-state index contributed by atoms with van der Waals surface area (Å²) >= 11 is 0. The fourth-order valence-corrected chi connectivity index (χ4v) is 1.85. The zero-order valence-electron chi connectivity index (χ0n) is 9.59. The lowest BCUT2D eigenvalue weighted by Crippen LogP contribution is -2.37. The zero-order chi connectivity index (χ0) is 12.3. The van der Waals surface area contributed by atoms with Crippen molar-refractivity contribution >= 4 is 17.7 Å². The lowest BCUT2D eigenvalue weighted by atomic mass is 10.3. The van der Waals surface area contributed by atoms with E-state index in [9.17, 15) is 4.79 Å². The van der Waals surface area contributed by atoms with E-state index in [0.29, 0.717) is 12.4 Å². The molecule has 0 aromatic carbocycles. The number of amides is 1. The number of methoxy groups -OCH3 is 1. The lowest BCUT2D eigenvalue weighted by molar-refractivity contribution is 0.167. The molecule has 1 unspecified atom stereocenters. The highest BCUT2D eigenvalue weighted by Gasteiger charge is 2.25. The van der Waals surface area contributed by atoms with Gasteiger partial charge >= 0.3 is 6.09 Å². The van der Waals surface area contributed by atoms with Gasteiger partial charge in [0.05, 0.1) is 13.2 Å². The van der Waals surface area contributed by atoms with Crippen LogP contribution in [0.25, 0.3) is 0 Å². The summed E-state index contributed by atoms with van der Waals surface area (Å²) in [7, 11) is 1.35. The first kappa shape index (κ1) is 11.4. The Labute approximate surface area is 99.0 Å². The molecular formula is C10H15N5O2. The van der Waals surface area contributed by atoms with Crippen LogP contribution in [0, 0.1) is 0 Å². The van der Waals surface area contributed by atoms with E-state index in [-0.39, 0.29) is 6.04 Å². The van der Waals surface area contributed by atoms with E-state index >= 15 is 0 Å². The number of nitrogens with zero attached hydrogens (tertiary/aromatic N) is 3. The highest BCUT2D eigenvalue weighted by molar-refractivity contribution is 5.67. The normalized spacial score (nSPS) is 19.1. The van der Waals surface area contributed by atoms with E-state index in [1.165, 1.54) is 13.4 Å². The molecule has 1 aliphatic heterocycles. The minimum Gasteiger partial charge on any atom is -0.453 e. The molecule has 17 heavy (non-hydrogen) atoms. The molecule has 7 nitrogen and oxygen atoms in total. The van der Waals surface area contributed by atoms with Crippen LogP contribution in [0.4, 0.5) is 16.4 Å². The van der Waals surface area contributed by atoms with Crippen molar-refractivity contribution in [2.75, 3.05) is 30.8 Å². The molecule has 7 heteroatoms. The zero-order valence-corrected chi connectivity index (χ0v) is 9.59. The molecule has 0 radical (unpaired) electrons. The number of ether oxygens (including phenoxy) is 1. The predicted octanol–water partition coefficient (Wildman–Crippen LogP) is -0.00650. The second kappa shape index (κ2) is 4.86. The molecule has 2 rings (SSSR count). The monoisotopic (exact) mass is 237 g/mol. The van der Waals surface area contributed by atoms with Gasteiger partial charge in [-0.3, -0.25) is 0 Å². The largest absolute Gasteiger partial charge is 0.453 e. The third-order valence-electron chi connectivity index (χ3n) is 2.69. The van der Waals surface area contributed by atoms with Gasteiger partial charge in [0.2, 0.25) is 0 Å². The highest BCUT2D eigenvalue weighted by atomic mass is 16.5. The quantitative estimate of drug-likeness (QED) is 0.751. The molecule has 1 fully saturated rings. The Bertz CT molecular complexity index is 411. The van der Waals surface area contributed by atoms with Gasteiger partial charge in [0.1, 0.15) is 18.0 Å². The molecule has 1 atom stereocenters. The number of hydrogen-bond donors (Lipinski definition) is 2. The molecule has 1 saturated heterocycles. The van der Waals surface area contributed by atoms with Crippen molar-refractivity contribution in [1.82, 2.24) is 15.3 Å². The van der Waals surface area contributed by atoms with Crippen molar-refractivity contribution in [2.24, 2.45) is 0 Å². The topological polar surface area (TPSA) is 93.4 Å². The van der Waals surface area contributed by atoms with Crippen LogP contribution in [-0.4, -0.2) is 42.3 Å². The first-order chi connectivity index (χ1) is 8.19. The van der Waals surface area contributed by atoms with E-state index in [1.807, 2.05) is 0 Å². The summed E-state index contributed by atoms with van der Waals surface area (Å²) in [6.07, 6.45) is 1.89. The Morgan fingerprint density at radius 2 is 2.47 bits per heavy atom. The number of carbonyl (C=O) groups excluding carboxylic acids is 1. The Kier molecular flexibility index (Phi) is 3.27. The summed E-state index contributed by atoms with van der Waals surface area (Å²) in [5, 5.41) is 2.77. The summed E-state index contributed by atoms with van der Waals surface area (Å²) in [6.45, 7) is 1.52. The summed E-state index contributed by atoms with van der Waals surface area (Å²) in [6, 6.07) is 1.80. The Morgan fingerprint density at radius 3 is 3.18 bits per heavy atom. The Morgan fingerprint density at radius 1 is 1.65 bits per heavy atom. The third kappa shape index (κ3) is 2.74. The van der Waals surface area contributed by atoms with Crippen LogP contribution in [0.5, 0.6) is 0 Å². The van der Waals surface area contributed by atoms with Crippen molar-refractivity contribution in [1.29, 1.82) is 0 Å². The minimum atomic E-state index is -0.404. The summed E-state index contributed by atoms with van der Waals surface area (Å²) < 4.78 is 4.56. The van der Waals surface area contributed by atoms with Gasteiger partial charge in [-0.1, -0.05) is 0 Å². The molecule has 92 valence electrons. The number of nitrogens with two attached hydrogens (primary N) is 1. The number of nitrogens with one attached hydrogen (secondary N) is 1. The number of aromatic nitrogens is 2. The number of nitrogen functional groups attached to an aromatic ring is 1. The molecule has 2 heterocycles. The van der Waals surface area contributed by atoms with E-state index in [4.69, 9.17) is 5.73 Å². The van der Waals surface area contributed by atoms with Gasteiger partial charge in [0.15, 0.2) is 0 Å². The highest BCUT2D eigenvalue weighted by Crippen LogP contribution is 2.18. The van der Waals surface area contributed by atoms with Gasteiger partial charge in [-0.2, -0.15) is 0 Å². The predicted molar refractivity (Wildman–Crippen MR) is 62.6 cm³/mol. The third-order valence-corrected chi connectivity index (χ3v) is 2.69. The van der Waals surface area contributed by atoms with Crippen LogP contribution in [0.3, 0.4) is 0 Å². The van der Waals surface area contributed by atoms with Crippen molar-refractivity contribution in [2.45, 2.75) is 12.5 Å². The van der Waals surface area contributed by atoms with E-state index < -0.39 is 6.09 Å². The molecule has 1 amide bonds. The fraction of sp³-hybridized carbons (Fsp3) is 0.500. The molecule has 3 N–H and O–H groups in total. The first-order valence-electron chi connectivity index (χ1n) is 5.36. The lowest BCUT2D eigenvalue weighted by Gasteiger charge is -2.17. The molecule has 0 aliphatic carbocycles. The molecule has 1 aliphatic rings. The summed E-state index contributed by atoms with van der Waals surface area (Å²) in [5.74, 6) is 1.23. The van der Waals surface area contributed by atoms with Crippen molar-refractivity contribution in [3.05, 3.63) is 12.4 Å². The van der Waals surface area contributed by atoms with E-state index in [1.54, 1.807) is 6.07 Å². The van der Waals surface area contributed by atoms with Gasteiger partial charge in [0.25, 0.3) is 0 Å². The smallest absolute Gasteiger partial charge is 0.407 e. The van der Waals surface area contributed by atoms with Gasteiger partial charge in [-0.05, 0) is 6.42 Å². The number of rotatable bonds is 2. The second-order valence-electron chi connectivity index (χ2n) is 3.87. The van der Waals surface area contributed by atoms with Crippen LogP contribution in [0.2, 0.25) is 0 Å². The first-order valence-corrected chi connectivity index (χ1v) is 5.36. The van der Waals surface area contributed by atoms with Crippen LogP contribution in [0.1, 0.15) is 6.42 Å². The van der Waals surface area contributed by atoms with Gasteiger partial charge in [0, 0.05) is 19.2 Å². The Hall–Kier alpha value is -2.05. The number of hydrogen-bond acceptors (Lipinski definition) is 6. The second-order valence-corrected chi connectivity index (χ2v) is 3.87. The molecule has 0 saturated carbocycles. The van der Waals surface area contributed by atoms with E-state index in [0.717, 1.165) is 18.8 Å². The number of carbonyl (C=O) groups is 1.